The molecule has 0 amide bonds. The number of hydrogen-bond acceptors (Lipinski definition) is 3. The molecule has 2 heterocycles. The van der Waals surface area contributed by atoms with Crippen LogP contribution in [0.15, 0.2) is 16.7 Å². The fourth-order valence-electron chi connectivity index (χ4n) is 5.57. The van der Waals surface area contributed by atoms with Crippen molar-refractivity contribution in [3.8, 4) is 0 Å². The number of hydrogen-bond donors (Lipinski definition) is 0. The fourth-order valence-corrected chi connectivity index (χ4v) is 5.57. The van der Waals surface area contributed by atoms with Gasteiger partial charge in [-0.15, -0.1) is 0 Å². The molecule has 2 aromatic rings. The molecule has 3 nitrogen and oxygen atoms in total. The van der Waals surface area contributed by atoms with Crippen molar-refractivity contribution in [2.45, 2.75) is 85.5 Å². The van der Waals surface area contributed by atoms with Gasteiger partial charge in [-0.2, -0.15) is 0 Å². The molecule has 1 aliphatic carbocycles. The van der Waals surface area contributed by atoms with E-state index in [9.17, 15) is 0 Å². The maximum Gasteiger partial charge on any atom is 0.170 e. The Hall–Kier alpha value is -1.35. The third-order valence-electron chi connectivity index (χ3n) is 7.51. The highest BCUT2D eigenvalue weighted by atomic mass is 16.5. The van der Waals surface area contributed by atoms with Gasteiger partial charge in [0, 0.05) is 36.0 Å². The lowest BCUT2D eigenvalue weighted by Crippen LogP contribution is -2.35. The van der Waals surface area contributed by atoms with Gasteiger partial charge in [0.2, 0.25) is 0 Å². The molecule has 0 saturated heterocycles. The molecule has 1 aromatic heterocycles. The van der Waals surface area contributed by atoms with Gasteiger partial charge in [0.05, 0.1) is 5.69 Å². The molecule has 0 radical (unpaired) electrons. The lowest BCUT2D eigenvalue weighted by Gasteiger charge is -2.38. The van der Waals surface area contributed by atoms with Gasteiger partial charge in [-0.1, -0.05) is 52.8 Å². The Labute approximate surface area is 177 Å². The summed E-state index contributed by atoms with van der Waals surface area (Å²) in [7, 11) is 0. The predicted molar refractivity (Wildman–Crippen MR) is 121 cm³/mol. The Kier molecular flexibility index (Phi) is 5.57. The first-order valence-electron chi connectivity index (χ1n) is 11.8. The molecule has 2 aliphatic rings. The fraction of sp³-hybridized carbons (Fsp3) is 0.731. The van der Waals surface area contributed by atoms with E-state index in [2.05, 4.69) is 63.7 Å². The average Bonchev–Trinajstić information content (AvgIpc) is 2.99. The van der Waals surface area contributed by atoms with Gasteiger partial charge in [-0.05, 0) is 67.4 Å². The second-order valence-corrected chi connectivity index (χ2v) is 11.7. The summed E-state index contributed by atoms with van der Waals surface area (Å²) in [4.78, 5) is 2.72. The Morgan fingerprint density at radius 1 is 0.966 bits per heavy atom. The molecular weight excluding hydrogens is 356 g/mol. The van der Waals surface area contributed by atoms with E-state index in [0.29, 0.717) is 5.41 Å². The van der Waals surface area contributed by atoms with E-state index in [1.54, 1.807) is 0 Å². The normalized spacial score (nSPS) is 24.5. The second-order valence-electron chi connectivity index (χ2n) is 11.7. The zero-order valence-electron chi connectivity index (χ0n) is 19.5. The predicted octanol–water partition coefficient (Wildman–Crippen LogP) is 6.38. The highest BCUT2D eigenvalue weighted by Gasteiger charge is 2.31. The quantitative estimate of drug-likeness (QED) is 0.590. The zero-order chi connectivity index (χ0) is 20.8. The molecule has 0 unspecified atom stereocenters. The van der Waals surface area contributed by atoms with Crippen molar-refractivity contribution in [3.05, 3.63) is 29.0 Å². The molecule has 1 aliphatic heterocycles. The Morgan fingerprint density at radius 3 is 2.31 bits per heavy atom. The Bertz CT molecular complexity index is 844. The zero-order valence-corrected chi connectivity index (χ0v) is 19.5. The summed E-state index contributed by atoms with van der Waals surface area (Å²) in [6.07, 6.45) is 7.86. The summed E-state index contributed by atoms with van der Waals surface area (Å²) in [5.41, 5.74) is 5.50. The first kappa shape index (κ1) is 20.9. The molecular formula is C26H40N2O. The SMILES string of the molecule is CC(C)(C)c1noc2c3c(ccc12)CCN(CC1CCC(C(C)(C)C)CC1)CC3. The van der Waals surface area contributed by atoms with Gasteiger partial charge in [0.25, 0.3) is 0 Å². The van der Waals surface area contributed by atoms with Crippen LogP contribution in [0.5, 0.6) is 0 Å². The summed E-state index contributed by atoms with van der Waals surface area (Å²) >= 11 is 0. The van der Waals surface area contributed by atoms with Crippen LogP contribution in [0.4, 0.5) is 0 Å². The minimum absolute atomic E-state index is 0.0160. The molecule has 160 valence electrons. The summed E-state index contributed by atoms with van der Waals surface area (Å²) in [6, 6.07) is 4.58. The standard InChI is InChI=1S/C26H40N2O/c1-25(2,3)20-10-7-18(8-11-20)17-28-15-13-19-9-12-22-23(21(19)14-16-28)29-27-24(22)26(4,5)6/h9,12,18,20H,7-8,10-11,13-17H2,1-6H3. The van der Waals surface area contributed by atoms with Gasteiger partial charge in [-0.25, -0.2) is 0 Å². The average molecular weight is 397 g/mol. The monoisotopic (exact) mass is 396 g/mol. The minimum Gasteiger partial charge on any atom is -0.356 e. The van der Waals surface area contributed by atoms with E-state index in [1.165, 1.54) is 55.3 Å². The smallest absolute Gasteiger partial charge is 0.170 e. The van der Waals surface area contributed by atoms with Gasteiger partial charge >= 0.3 is 0 Å². The molecule has 0 spiro atoms. The van der Waals surface area contributed by atoms with Crippen molar-refractivity contribution in [3.63, 3.8) is 0 Å². The number of rotatable bonds is 2. The number of benzene rings is 1. The van der Waals surface area contributed by atoms with Crippen LogP contribution in [0.25, 0.3) is 11.0 Å². The van der Waals surface area contributed by atoms with Crippen LogP contribution in [-0.2, 0) is 18.3 Å². The van der Waals surface area contributed by atoms with Crippen molar-refractivity contribution in [1.29, 1.82) is 0 Å². The number of fused-ring (bicyclic) bond motifs is 3. The molecule has 0 atom stereocenters. The highest BCUT2D eigenvalue weighted by molar-refractivity contribution is 5.84. The van der Waals surface area contributed by atoms with E-state index in [0.717, 1.165) is 42.5 Å². The summed E-state index contributed by atoms with van der Waals surface area (Å²) in [5.74, 6) is 1.79. The maximum absolute atomic E-state index is 5.89. The molecule has 1 saturated carbocycles. The van der Waals surface area contributed by atoms with Crippen molar-refractivity contribution >= 4 is 11.0 Å². The van der Waals surface area contributed by atoms with E-state index in [-0.39, 0.29) is 5.41 Å². The van der Waals surface area contributed by atoms with Crippen LogP contribution < -0.4 is 0 Å². The van der Waals surface area contributed by atoms with Gasteiger partial charge in [0.15, 0.2) is 5.58 Å². The van der Waals surface area contributed by atoms with Crippen LogP contribution >= 0.6 is 0 Å². The van der Waals surface area contributed by atoms with E-state index in [1.807, 2.05) is 0 Å². The second kappa shape index (κ2) is 7.72. The first-order chi connectivity index (χ1) is 13.6. The van der Waals surface area contributed by atoms with Crippen molar-refractivity contribution in [2.24, 2.45) is 17.3 Å². The third kappa shape index (κ3) is 4.40. The first-order valence-corrected chi connectivity index (χ1v) is 11.8. The number of nitrogens with zero attached hydrogens (tertiary/aromatic N) is 2. The molecule has 1 aromatic carbocycles. The van der Waals surface area contributed by atoms with Crippen LogP contribution in [0.3, 0.4) is 0 Å². The lowest BCUT2D eigenvalue weighted by molar-refractivity contribution is 0.125. The van der Waals surface area contributed by atoms with Crippen LogP contribution in [0, 0.1) is 17.3 Å². The summed E-state index contributed by atoms with van der Waals surface area (Å²) in [5, 5.41) is 5.67. The molecule has 0 bridgehead atoms. The van der Waals surface area contributed by atoms with Gasteiger partial charge in [0.1, 0.15) is 0 Å². The van der Waals surface area contributed by atoms with Crippen LogP contribution in [-0.4, -0.2) is 29.7 Å². The van der Waals surface area contributed by atoms with Crippen LogP contribution in [0.1, 0.15) is 84.0 Å². The third-order valence-corrected chi connectivity index (χ3v) is 7.51. The summed E-state index contributed by atoms with van der Waals surface area (Å²) in [6.45, 7) is 17.5. The van der Waals surface area contributed by atoms with Crippen LogP contribution in [0.2, 0.25) is 0 Å². The minimum atomic E-state index is 0.0160. The van der Waals surface area contributed by atoms with E-state index >= 15 is 0 Å². The molecule has 3 heteroatoms. The maximum atomic E-state index is 5.89. The molecule has 4 rings (SSSR count). The Balaban J connectivity index is 1.42. The van der Waals surface area contributed by atoms with Gasteiger partial charge in [-0.3, -0.25) is 0 Å². The molecule has 1 fully saturated rings. The topological polar surface area (TPSA) is 29.3 Å². The summed E-state index contributed by atoms with van der Waals surface area (Å²) < 4.78 is 5.89. The van der Waals surface area contributed by atoms with Gasteiger partial charge < -0.3 is 9.42 Å². The van der Waals surface area contributed by atoms with Crippen molar-refractivity contribution in [1.82, 2.24) is 10.1 Å². The largest absolute Gasteiger partial charge is 0.356 e. The van der Waals surface area contributed by atoms with E-state index < -0.39 is 0 Å². The van der Waals surface area contributed by atoms with Crippen molar-refractivity contribution in [2.75, 3.05) is 19.6 Å². The molecule has 0 N–H and O–H groups in total. The highest BCUT2D eigenvalue weighted by Crippen LogP contribution is 2.40. The van der Waals surface area contributed by atoms with Crippen molar-refractivity contribution < 1.29 is 4.52 Å². The molecule has 29 heavy (non-hydrogen) atoms. The lowest BCUT2D eigenvalue weighted by atomic mass is 9.70. The van der Waals surface area contributed by atoms with E-state index in [4.69, 9.17) is 4.52 Å². The number of aromatic nitrogens is 1. The Morgan fingerprint density at radius 2 is 1.66 bits per heavy atom.